The van der Waals surface area contributed by atoms with Crippen LogP contribution in [0.25, 0.3) is 21.9 Å². The lowest BCUT2D eigenvalue weighted by Crippen LogP contribution is -2.37. The Balaban J connectivity index is 1.39. The van der Waals surface area contributed by atoms with Gasteiger partial charge in [-0.3, -0.25) is 4.90 Å². The number of para-hydroxylation sites is 3. The highest BCUT2D eigenvalue weighted by Gasteiger charge is 2.30. The Kier molecular flexibility index (Phi) is 7.66. The first-order valence-corrected chi connectivity index (χ1v) is 14.1. The third-order valence-electron chi connectivity index (χ3n) is 7.75. The van der Waals surface area contributed by atoms with E-state index in [9.17, 15) is 19.1 Å². The summed E-state index contributed by atoms with van der Waals surface area (Å²) in [4.78, 5) is 31.3. The molecule has 0 aliphatic carbocycles. The van der Waals surface area contributed by atoms with E-state index in [1.54, 1.807) is 48.3 Å². The van der Waals surface area contributed by atoms with E-state index in [1.165, 1.54) is 12.1 Å². The summed E-state index contributed by atoms with van der Waals surface area (Å²) >= 11 is 0. The Morgan fingerprint density at radius 1 is 0.953 bits per heavy atom. The van der Waals surface area contributed by atoms with Gasteiger partial charge < -0.3 is 19.8 Å². The molecule has 6 rings (SSSR count). The fraction of sp³-hybridized carbons (Fsp3) is 0.143. The number of fused-ring (bicyclic) bond motifs is 2. The molecule has 0 fully saturated rings. The Morgan fingerprint density at radius 2 is 1.67 bits per heavy atom. The van der Waals surface area contributed by atoms with E-state index in [0.717, 1.165) is 22.2 Å². The van der Waals surface area contributed by atoms with Crippen LogP contribution in [0.5, 0.6) is 5.75 Å². The lowest BCUT2D eigenvalue weighted by Gasteiger charge is -2.20. The number of nitrogens with one attached hydrogen (secondary N) is 2. The van der Waals surface area contributed by atoms with Crippen molar-refractivity contribution in [3.05, 3.63) is 142 Å². The number of hydrogen-bond acceptors (Lipinski definition) is 4. The highest BCUT2D eigenvalue weighted by atomic mass is 19.1. The topological polar surface area (TPSA) is 98.6 Å². The first-order valence-electron chi connectivity index (χ1n) is 14.1. The zero-order valence-electron chi connectivity index (χ0n) is 23.5. The number of benzene rings is 4. The van der Waals surface area contributed by atoms with Crippen LogP contribution in [0.15, 0.2) is 112 Å². The zero-order valence-corrected chi connectivity index (χ0v) is 23.5. The Bertz CT molecular complexity index is 1980. The number of rotatable bonds is 8. The van der Waals surface area contributed by atoms with Crippen molar-refractivity contribution in [1.29, 1.82) is 0 Å². The SMILES string of the molecule is CN(C(=O)NCCCc1c(C(c2cccc(F)c2)c2c(O)c3ccccc3oc2=O)[nH]c2ccccc12)c1ccccc1. The number of aryl methyl sites for hydroxylation is 1. The average Bonchev–Trinajstić information content (AvgIpc) is 3.39. The molecule has 0 bridgehead atoms. The molecule has 1 atom stereocenters. The summed E-state index contributed by atoms with van der Waals surface area (Å²) in [6.07, 6.45) is 1.14. The number of carbonyl (C=O) groups is 1. The monoisotopic (exact) mass is 575 g/mol. The van der Waals surface area contributed by atoms with Gasteiger partial charge in [-0.2, -0.15) is 0 Å². The standard InChI is InChI=1S/C35H30FN3O4/c1-39(24-13-3-2-4-14-24)35(42)37-20-10-17-26-25-15-5-7-18-28(25)38-32(26)30(22-11-9-12-23(36)21-22)31-33(40)27-16-6-8-19-29(27)43-34(31)41/h2-9,11-16,18-19,21,30,38,40H,10,17,20H2,1H3,(H,37,42). The van der Waals surface area contributed by atoms with Gasteiger partial charge >= 0.3 is 11.7 Å². The van der Waals surface area contributed by atoms with E-state index in [0.29, 0.717) is 36.0 Å². The molecule has 3 N–H and O–H groups in total. The first-order chi connectivity index (χ1) is 20.9. The number of urea groups is 1. The van der Waals surface area contributed by atoms with Gasteiger partial charge in [0.25, 0.3) is 0 Å². The fourth-order valence-electron chi connectivity index (χ4n) is 5.65. The quantitative estimate of drug-likeness (QED) is 0.133. The minimum absolute atomic E-state index is 0.0231. The van der Waals surface area contributed by atoms with Crippen molar-refractivity contribution in [2.24, 2.45) is 0 Å². The normalized spacial score (nSPS) is 12.0. The Morgan fingerprint density at radius 3 is 2.47 bits per heavy atom. The fourth-order valence-corrected chi connectivity index (χ4v) is 5.65. The van der Waals surface area contributed by atoms with E-state index < -0.39 is 17.4 Å². The third kappa shape index (κ3) is 5.47. The van der Waals surface area contributed by atoms with Crippen molar-refractivity contribution >= 4 is 33.6 Å². The second kappa shape index (κ2) is 11.9. The lowest BCUT2D eigenvalue weighted by molar-refractivity contribution is 0.247. The molecule has 6 aromatic rings. The van der Waals surface area contributed by atoms with Crippen LogP contribution in [0.2, 0.25) is 0 Å². The van der Waals surface area contributed by atoms with Crippen LogP contribution in [0, 0.1) is 5.82 Å². The summed E-state index contributed by atoms with van der Waals surface area (Å²) in [5.41, 5.74) is 3.25. The van der Waals surface area contributed by atoms with Gasteiger partial charge in [0.05, 0.1) is 16.9 Å². The molecule has 216 valence electrons. The lowest BCUT2D eigenvalue weighted by atomic mass is 9.85. The number of hydrogen-bond donors (Lipinski definition) is 3. The minimum Gasteiger partial charge on any atom is -0.507 e. The summed E-state index contributed by atoms with van der Waals surface area (Å²) in [6.45, 7) is 0.406. The number of aromatic amines is 1. The number of aromatic nitrogens is 1. The number of carbonyl (C=O) groups excluding carboxylic acids is 1. The van der Waals surface area contributed by atoms with Crippen LogP contribution in [-0.2, 0) is 6.42 Å². The maximum absolute atomic E-state index is 14.6. The van der Waals surface area contributed by atoms with E-state index in [4.69, 9.17) is 4.42 Å². The molecule has 8 heteroatoms. The molecule has 0 saturated carbocycles. The maximum atomic E-state index is 14.6. The molecule has 0 aliphatic rings. The van der Waals surface area contributed by atoms with E-state index in [1.807, 2.05) is 54.6 Å². The van der Waals surface area contributed by atoms with Crippen molar-refractivity contribution in [2.75, 3.05) is 18.5 Å². The largest absolute Gasteiger partial charge is 0.507 e. The number of nitrogens with zero attached hydrogens (tertiary/aromatic N) is 1. The van der Waals surface area contributed by atoms with Crippen molar-refractivity contribution in [1.82, 2.24) is 10.3 Å². The zero-order chi connectivity index (χ0) is 29.9. The van der Waals surface area contributed by atoms with Gasteiger partial charge in [-0.1, -0.05) is 60.7 Å². The number of aromatic hydroxyl groups is 1. The summed E-state index contributed by atoms with van der Waals surface area (Å²) in [6, 6.07) is 29.7. The van der Waals surface area contributed by atoms with E-state index in [2.05, 4.69) is 10.3 Å². The maximum Gasteiger partial charge on any atom is 0.344 e. The Hall–Kier alpha value is -5.37. The van der Waals surface area contributed by atoms with Gasteiger partial charge in [0.2, 0.25) is 0 Å². The highest BCUT2D eigenvalue weighted by Crippen LogP contribution is 2.41. The predicted octanol–water partition coefficient (Wildman–Crippen LogP) is 7.08. The van der Waals surface area contributed by atoms with Crippen LogP contribution < -0.4 is 15.8 Å². The second-order valence-corrected chi connectivity index (χ2v) is 10.4. The molecule has 0 radical (unpaired) electrons. The number of H-pyrrole nitrogens is 1. The summed E-state index contributed by atoms with van der Waals surface area (Å²) in [5, 5.41) is 15.8. The molecule has 2 amide bonds. The van der Waals surface area contributed by atoms with Crippen molar-refractivity contribution in [2.45, 2.75) is 18.8 Å². The van der Waals surface area contributed by atoms with Gasteiger partial charge in [-0.25, -0.2) is 14.0 Å². The third-order valence-corrected chi connectivity index (χ3v) is 7.75. The summed E-state index contributed by atoms with van der Waals surface area (Å²) in [5.74, 6) is -1.52. The second-order valence-electron chi connectivity index (χ2n) is 10.4. The van der Waals surface area contributed by atoms with Gasteiger partial charge in [-0.15, -0.1) is 0 Å². The van der Waals surface area contributed by atoms with Gasteiger partial charge in [-0.05, 0) is 66.4 Å². The van der Waals surface area contributed by atoms with E-state index in [-0.39, 0.29) is 22.9 Å². The van der Waals surface area contributed by atoms with Crippen LogP contribution in [0.3, 0.4) is 0 Å². The molecule has 0 aliphatic heterocycles. The van der Waals surface area contributed by atoms with Gasteiger partial charge in [0.1, 0.15) is 17.1 Å². The minimum atomic E-state index is -0.849. The summed E-state index contributed by atoms with van der Waals surface area (Å²) in [7, 11) is 1.72. The average molecular weight is 576 g/mol. The van der Waals surface area contributed by atoms with Gasteiger partial charge in [0.15, 0.2) is 0 Å². The number of amides is 2. The summed E-state index contributed by atoms with van der Waals surface area (Å²) < 4.78 is 20.3. The molecular formula is C35H30FN3O4. The molecule has 7 nitrogen and oxygen atoms in total. The molecule has 1 unspecified atom stereocenters. The van der Waals surface area contributed by atoms with Crippen LogP contribution in [0.4, 0.5) is 14.9 Å². The molecule has 2 heterocycles. The number of halogens is 1. The molecule has 4 aromatic carbocycles. The van der Waals surface area contributed by atoms with Crippen LogP contribution in [0.1, 0.15) is 34.7 Å². The van der Waals surface area contributed by atoms with Crippen molar-refractivity contribution in [3.63, 3.8) is 0 Å². The molecule has 2 aromatic heterocycles. The Labute approximate surface area is 247 Å². The highest BCUT2D eigenvalue weighted by molar-refractivity contribution is 5.91. The molecule has 43 heavy (non-hydrogen) atoms. The molecular weight excluding hydrogens is 545 g/mol. The first kappa shape index (κ1) is 27.8. The van der Waals surface area contributed by atoms with Gasteiger partial charge in [0, 0.05) is 35.9 Å². The predicted molar refractivity (Wildman–Crippen MR) is 166 cm³/mol. The smallest absolute Gasteiger partial charge is 0.344 e. The molecule has 0 spiro atoms. The number of anilines is 1. The van der Waals surface area contributed by atoms with Crippen LogP contribution in [-0.4, -0.2) is 29.7 Å². The van der Waals surface area contributed by atoms with E-state index >= 15 is 0 Å². The molecule has 0 saturated heterocycles. The van der Waals surface area contributed by atoms with Crippen molar-refractivity contribution < 1.29 is 18.7 Å². The van der Waals surface area contributed by atoms with Crippen molar-refractivity contribution in [3.8, 4) is 5.75 Å². The van der Waals surface area contributed by atoms with Crippen LogP contribution >= 0.6 is 0 Å².